The van der Waals surface area contributed by atoms with Crippen molar-refractivity contribution in [3.8, 4) is 0 Å². The van der Waals surface area contributed by atoms with Gasteiger partial charge in [0.25, 0.3) is 0 Å². The summed E-state index contributed by atoms with van der Waals surface area (Å²) in [6.45, 7) is 11.8. The van der Waals surface area contributed by atoms with Gasteiger partial charge in [0.2, 0.25) is 5.79 Å². The number of hydrogen-bond donors (Lipinski definition) is 2. The number of allylic oxidation sites excluding steroid dienone is 1. The number of ether oxygens (including phenoxy) is 2. The van der Waals surface area contributed by atoms with Gasteiger partial charge in [-0.05, 0) is 49.9 Å². The summed E-state index contributed by atoms with van der Waals surface area (Å²) in [4.78, 5) is 41.1. The molecule has 1 aromatic rings. The van der Waals surface area contributed by atoms with Crippen molar-refractivity contribution in [3.63, 3.8) is 0 Å². The molecule has 2 saturated heterocycles. The minimum atomic E-state index is -2.11. The maximum atomic E-state index is 14.8. The number of benzene rings is 1. The van der Waals surface area contributed by atoms with E-state index in [-0.39, 0.29) is 35.4 Å². The third-order valence-electron chi connectivity index (χ3n) is 11.9. The van der Waals surface area contributed by atoms with Crippen molar-refractivity contribution < 1.29 is 34.1 Å². The van der Waals surface area contributed by atoms with Crippen molar-refractivity contribution in [3.05, 3.63) is 47.5 Å². The second-order valence-electron chi connectivity index (χ2n) is 13.6. The van der Waals surface area contributed by atoms with E-state index in [2.05, 4.69) is 20.4 Å². The van der Waals surface area contributed by atoms with Crippen LogP contribution in [0.1, 0.15) is 62.4 Å². The first-order valence-corrected chi connectivity index (χ1v) is 13.9. The Balaban J connectivity index is 1.42. The summed E-state index contributed by atoms with van der Waals surface area (Å²) >= 11 is 0. The smallest absolute Gasteiger partial charge is 0.302 e. The fourth-order valence-electron chi connectivity index (χ4n) is 10.8. The summed E-state index contributed by atoms with van der Waals surface area (Å²) in [6.07, 6.45) is 0.743. The molecule has 5 aliphatic carbocycles. The van der Waals surface area contributed by atoms with Crippen LogP contribution < -0.4 is 0 Å². The highest BCUT2D eigenvalue weighted by Crippen LogP contribution is 2.87. The maximum absolute atomic E-state index is 14.8. The normalized spacial score (nSPS) is 49.1. The summed E-state index contributed by atoms with van der Waals surface area (Å²) < 4.78 is 12.2. The molecule has 0 aromatic heterocycles. The second kappa shape index (κ2) is 7.04. The van der Waals surface area contributed by atoms with Gasteiger partial charge < -0.3 is 19.7 Å². The fourth-order valence-corrected chi connectivity index (χ4v) is 10.8. The van der Waals surface area contributed by atoms with Gasteiger partial charge in [-0.2, -0.15) is 0 Å². The number of rotatable bonds is 3. The second-order valence-corrected chi connectivity index (χ2v) is 13.6. The molecule has 0 amide bonds. The fraction of sp³-hybridized carbons (Fsp3) is 0.645. The predicted molar refractivity (Wildman–Crippen MR) is 136 cm³/mol. The van der Waals surface area contributed by atoms with Crippen LogP contribution in [-0.4, -0.2) is 52.4 Å². The first-order chi connectivity index (χ1) is 17.8. The van der Waals surface area contributed by atoms with Gasteiger partial charge >= 0.3 is 5.97 Å². The lowest BCUT2D eigenvalue weighted by Gasteiger charge is -2.85. The Hall–Kier alpha value is -2.35. The Bertz CT molecular complexity index is 1310. The average Bonchev–Trinajstić information content (AvgIpc) is 2.86. The molecule has 10 atom stereocenters. The summed E-state index contributed by atoms with van der Waals surface area (Å²) in [5.41, 5.74) is -2.00. The number of Topliss-reactive ketones (excluding diaryl/α,β-unsaturated/α-hetero) is 2. The summed E-state index contributed by atoms with van der Waals surface area (Å²) in [5.74, 6) is -4.63. The van der Waals surface area contributed by atoms with E-state index >= 15 is 0 Å². The van der Waals surface area contributed by atoms with Gasteiger partial charge in [-0.25, -0.2) is 0 Å². The molecule has 202 valence electrons. The lowest BCUT2D eigenvalue weighted by Crippen LogP contribution is -2.95. The number of hydrogen-bond acceptors (Lipinski definition) is 7. The van der Waals surface area contributed by atoms with Crippen LogP contribution >= 0.6 is 0 Å². The van der Waals surface area contributed by atoms with Gasteiger partial charge in [0.1, 0.15) is 17.6 Å². The molecular formula is C31H36O7. The van der Waals surface area contributed by atoms with Crippen LogP contribution in [0.15, 0.2) is 36.4 Å². The molecule has 1 aromatic carbocycles. The van der Waals surface area contributed by atoms with Crippen molar-refractivity contribution in [1.29, 1.82) is 0 Å². The molecule has 2 aliphatic heterocycles. The predicted octanol–water partition coefficient (Wildman–Crippen LogP) is 3.39. The van der Waals surface area contributed by atoms with Crippen molar-refractivity contribution in [2.45, 2.75) is 71.4 Å². The van der Waals surface area contributed by atoms with Gasteiger partial charge in [-0.1, -0.05) is 55.8 Å². The van der Waals surface area contributed by atoms with Crippen LogP contribution in [0.3, 0.4) is 0 Å². The summed E-state index contributed by atoms with van der Waals surface area (Å²) in [5, 5.41) is 24.3. The Kier molecular flexibility index (Phi) is 4.57. The molecule has 5 saturated carbocycles. The number of aliphatic hydroxyl groups is 2. The zero-order valence-corrected chi connectivity index (χ0v) is 22.5. The van der Waals surface area contributed by atoms with E-state index in [1.165, 1.54) is 6.92 Å². The van der Waals surface area contributed by atoms with E-state index in [4.69, 9.17) is 9.47 Å². The molecule has 0 radical (unpaired) electrons. The number of ketones is 2. The Labute approximate surface area is 222 Å². The minimum absolute atomic E-state index is 0.101. The highest BCUT2D eigenvalue weighted by Gasteiger charge is 2.96. The number of carbonyl (C=O) groups is 3. The van der Waals surface area contributed by atoms with E-state index in [0.717, 1.165) is 12.0 Å². The average molecular weight is 521 g/mol. The van der Waals surface area contributed by atoms with Gasteiger partial charge in [-0.3, -0.25) is 14.4 Å². The van der Waals surface area contributed by atoms with Crippen LogP contribution in [0.4, 0.5) is 0 Å². The monoisotopic (exact) mass is 520 g/mol. The lowest BCUT2D eigenvalue weighted by molar-refractivity contribution is -0.478. The maximum Gasteiger partial charge on any atom is 0.302 e. The van der Waals surface area contributed by atoms with Gasteiger partial charge in [0, 0.05) is 29.7 Å². The summed E-state index contributed by atoms with van der Waals surface area (Å²) in [7, 11) is 0. The number of aliphatic hydroxyl groups excluding tert-OH is 1. The first-order valence-electron chi connectivity index (χ1n) is 13.9. The molecule has 2 bridgehead atoms. The molecule has 10 unspecified atom stereocenters. The molecule has 8 rings (SSSR count). The third-order valence-corrected chi connectivity index (χ3v) is 11.9. The Morgan fingerprint density at radius 2 is 1.79 bits per heavy atom. The van der Waals surface area contributed by atoms with Crippen LogP contribution in [0.25, 0.3) is 0 Å². The molecule has 2 N–H and O–H groups in total. The highest BCUT2D eigenvalue weighted by molar-refractivity contribution is 6.25. The number of esters is 1. The molecule has 7 fully saturated rings. The van der Waals surface area contributed by atoms with E-state index in [1.54, 1.807) is 12.1 Å². The molecule has 7 heteroatoms. The minimum Gasteiger partial charge on any atom is -0.462 e. The molecule has 38 heavy (non-hydrogen) atoms. The van der Waals surface area contributed by atoms with Crippen molar-refractivity contribution in [1.82, 2.24) is 0 Å². The standard InChI is InChI=1S/C31H36O7/c1-15-6-8-18(9-7-15)24(33)29-16(2)19-10-11-20-28-14-37-31(36,30(20,22(19)29)26(29)35)25(34)23(28)27(4,5)13-12-21(28)38-17(3)32/h6-9,19-23,25,34,36H,2,10-14H2,1,3-5H3. The van der Waals surface area contributed by atoms with E-state index in [9.17, 15) is 24.6 Å². The number of carbonyl (C=O) groups excluding carboxylic acids is 3. The quantitative estimate of drug-likeness (QED) is 0.272. The Morgan fingerprint density at radius 1 is 1.11 bits per heavy atom. The van der Waals surface area contributed by atoms with Crippen LogP contribution in [0.5, 0.6) is 0 Å². The van der Waals surface area contributed by atoms with Crippen molar-refractivity contribution >= 4 is 17.5 Å². The Morgan fingerprint density at radius 3 is 2.45 bits per heavy atom. The van der Waals surface area contributed by atoms with Crippen LogP contribution in [0, 0.1) is 52.3 Å². The third kappa shape index (κ3) is 2.24. The van der Waals surface area contributed by atoms with Gasteiger partial charge in [0.15, 0.2) is 11.6 Å². The van der Waals surface area contributed by atoms with E-state index < -0.39 is 52.0 Å². The van der Waals surface area contributed by atoms with Gasteiger partial charge in [0.05, 0.1) is 12.0 Å². The van der Waals surface area contributed by atoms with Gasteiger partial charge in [-0.15, -0.1) is 0 Å². The number of fused-ring (bicyclic) bond motifs is 1. The molecule has 7 nitrogen and oxygen atoms in total. The molecule has 2 spiro atoms. The molecule has 7 aliphatic rings. The first kappa shape index (κ1) is 24.7. The van der Waals surface area contributed by atoms with Crippen LogP contribution in [-0.2, 0) is 19.1 Å². The molecule has 2 heterocycles. The SMILES string of the molecule is C=C1C2CCC3C45COC(O)(C(O)C4C(C)(C)CCC5OC(C)=O)C34C(=O)C1(C(=O)c1ccc(C)cc1)C24. The lowest BCUT2D eigenvalue weighted by atomic mass is 9.18. The molecular weight excluding hydrogens is 484 g/mol. The zero-order valence-electron chi connectivity index (χ0n) is 22.5. The van der Waals surface area contributed by atoms with Crippen molar-refractivity contribution in [2.24, 2.45) is 45.3 Å². The zero-order chi connectivity index (χ0) is 27.2. The van der Waals surface area contributed by atoms with Crippen molar-refractivity contribution in [2.75, 3.05) is 6.61 Å². The van der Waals surface area contributed by atoms with Crippen LogP contribution in [0.2, 0.25) is 0 Å². The number of aryl methyl sites for hydroxylation is 1. The largest absolute Gasteiger partial charge is 0.462 e. The van der Waals surface area contributed by atoms with E-state index in [1.807, 2.05) is 19.1 Å². The topological polar surface area (TPSA) is 110 Å². The highest BCUT2D eigenvalue weighted by atomic mass is 16.6. The summed E-state index contributed by atoms with van der Waals surface area (Å²) in [6, 6.07) is 7.19. The van der Waals surface area contributed by atoms with E-state index in [0.29, 0.717) is 30.4 Å².